The highest BCUT2D eigenvalue weighted by Crippen LogP contribution is 2.44. The van der Waals surface area contributed by atoms with Gasteiger partial charge in [0.25, 0.3) is 0 Å². The predicted molar refractivity (Wildman–Crippen MR) is 133 cm³/mol. The van der Waals surface area contributed by atoms with Crippen molar-refractivity contribution in [2.75, 3.05) is 6.54 Å². The molecule has 2 saturated heterocycles. The zero-order chi connectivity index (χ0) is 29.7. The van der Waals surface area contributed by atoms with E-state index in [1.165, 1.54) is 12.1 Å². The average Bonchev–Trinajstić information content (AvgIpc) is 3.55. The first-order valence-electron chi connectivity index (χ1n) is 12.9. The van der Waals surface area contributed by atoms with Crippen LogP contribution < -0.4 is 5.32 Å². The van der Waals surface area contributed by atoms with Crippen molar-refractivity contribution in [3.8, 4) is 0 Å². The standard InChI is InChI=1S/C28H27F7N4O2/c1-15-5-20(29)3-4-21(15)25-23(41-14-16-6-18(27(30,31)32)8-19(7-16)28(33,34)35)13-39-24(40)9-22(26(25)39)36-10-17-11-37-38(2)12-17/h3-8,11-12,22-23,25-26,36H,9-10,13-14H2,1-2H3/t22-,23+,25-,26?/m1/s1. The largest absolute Gasteiger partial charge is 0.416 e. The summed E-state index contributed by atoms with van der Waals surface area (Å²) < 4.78 is 102. The number of nitrogens with zero attached hydrogens (tertiary/aromatic N) is 3. The lowest BCUT2D eigenvalue weighted by Crippen LogP contribution is -2.42. The van der Waals surface area contributed by atoms with Crippen molar-refractivity contribution in [3.63, 3.8) is 0 Å². The zero-order valence-corrected chi connectivity index (χ0v) is 22.1. The van der Waals surface area contributed by atoms with E-state index in [2.05, 4.69) is 10.4 Å². The molecule has 1 amide bonds. The van der Waals surface area contributed by atoms with Gasteiger partial charge in [0.15, 0.2) is 0 Å². The zero-order valence-electron chi connectivity index (χ0n) is 22.1. The summed E-state index contributed by atoms with van der Waals surface area (Å²) in [6.45, 7) is 1.66. The summed E-state index contributed by atoms with van der Waals surface area (Å²) in [6.07, 6.45) is -7.03. The molecule has 3 aromatic rings. The van der Waals surface area contributed by atoms with Crippen LogP contribution in [0.3, 0.4) is 0 Å². The molecule has 2 aliphatic heterocycles. The summed E-state index contributed by atoms with van der Waals surface area (Å²) in [5.74, 6) is -1.13. The third-order valence-corrected chi connectivity index (χ3v) is 7.66. The van der Waals surface area contributed by atoms with Crippen LogP contribution in [-0.2, 0) is 42.1 Å². The van der Waals surface area contributed by atoms with E-state index >= 15 is 0 Å². The number of amides is 1. The van der Waals surface area contributed by atoms with Gasteiger partial charge in [-0.2, -0.15) is 31.4 Å². The van der Waals surface area contributed by atoms with Crippen LogP contribution in [0.1, 0.15) is 45.7 Å². The van der Waals surface area contributed by atoms with Gasteiger partial charge in [-0.3, -0.25) is 9.48 Å². The molecule has 220 valence electrons. The van der Waals surface area contributed by atoms with E-state index in [0.29, 0.717) is 29.8 Å². The molecule has 1 aromatic heterocycles. The van der Waals surface area contributed by atoms with Crippen LogP contribution in [-0.4, -0.2) is 45.3 Å². The number of hydrogen-bond acceptors (Lipinski definition) is 4. The van der Waals surface area contributed by atoms with Crippen molar-refractivity contribution in [2.45, 2.75) is 63.0 Å². The van der Waals surface area contributed by atoms with Crippen molar-refractivity contribution >= 4 is 5.91 Å². The third-order valence-electron chi connectivity index (χ3n) is 7.66. The SMILES string of the molecule is Cc1cc(F)ccc1[C@H]1C2[C@H](NCc3cnn(C)c3)CC(=O)N2C[C@@H]1OCc1cc(C(F)(F)F)cc(C(F)(F)F)c1. The Labute approximate surface area is 231 Å². The highest BCUT2D eigenvalue weighted by atomic mass is 19.4. The van der Waals surface area contributed by atoms with Gasteiger partial charge in [0.2, 0.25) is 5.91 Å². The maximum Gasteiger partial charge on any atom is 0.416 e. The minimum absolute atomic E-state index is 0.0665. The second-order valence-electron chi connectivity index (χ2n) is 10.5. The van der Waals surface area contributed by atoms with Crippen molar-refractivity contribution in [3.05, 3.63) is 88.0 Å². The first kappa shape index (κ1) is 29.1. The molecule has 41 heavy (non-hydrogen) atoms. The molecule has 0 spiro atoms. The molecule has 1 N–H and O–H groups in total. The summed E-state index contributed by atoms with van der Waals surface area (Å²) in [7, 11) is 1.78. The number of hydrogen-bond donors (Lipinski definition) is 1. The minimum Gasteiger partial charge on any atom is -0.371 e. The van der Waals surface area contributed by atoms with Gasteiger partial charge in [0, 0.05) is 50.3 Å². The molecule has 0 aliphatic carbocycles. The summed E-state index contributed by atoms with van der Waals surface area (Å²) in [4.78, 5) is 14.7. The van der Waals surface area contributed by atoms with Gasteiger partial charge in [-0.25, -0.2) is 4.39 Å². The van der Waals surface area contributed by atoms with Gasteiger partial charge < -0.3 is 15.0 Å². The summed E-state index contributed by atoms with van der Waals surface area (Å²) >= 11 is 0. The van der Waals surface area contributed by atoms with E-state index in [1.54, 1.807) is 35.8 Å². The van der Waals surface area contributed by atoms with E-state index in [9.17, 15) is 35.5 Å². The lowest BCUT2D eigenvalue weighted by Gasteiger charge is -2.30. The van der Waals surface area contributed by atoms with Crippen LogP contribution in [0.4, 0.5) is 30.7 Å². The Morgan fingerprint density at radius 2 is 1.71 bits per heavy atom. The molecule has 3 heterocycles. The maximum absolute atomic E-state index is 14.0. The summed E-state index contributed by atoms with van der Waals surface area (Å²) in [6, 6.07) is 4.77. The number of nitrogens with one attached hydrogen (secondary N) is 1. The van der Waals surface area contributed by atoms with Gasteiger partial charge >= 0.3 is 12.4 Å². The van der Waals surface area contributed by atoms with Crippen LogP contribution >= 0.6 is 0 Å². The van der Waals surface area contributed by atoms with Crippen LogP contribution in [0.25, 0.3) is 0 Å². The maximum atomic E-state index is 14.0. The number of halogens is 7. The molecule has 5 rings (SSSR count). The van der Waals surface area contributed by atoms with Gasteiger partial charge in [-0.1, -0.05) is 6.07 Å². The number of ether oxygens (including phenoxy) is 1. The lowest BCUT2D eigenvalue weighted by molar-refractivity contribution is -0.143. The molecule has 4 atom stereocenters. The first-order valence-corrected chi connectivity index (χ1v) is 12.9. The second kappa shape index (κ2) is 10.8. The molecular weight excluding hydrogens is 557 g/mol. The Hall–Kier alpha value is -3.45. The molecule has 2 aliphatic rings. The number of aromatic nitrogens is 2. The van der Waals surface area contributed by atoms with E-state index in [-0.39, 0.29) is 36.5 Å². The molecular formula is C28H27F7N4O2. The Bertz CT molecular complexity index is 1400. The number of fused-ring (bicyclic) bond motifs is 1. The molecule has 0 radical (unpaired) electrons. The van der Waals surface area contributed by atoms with Crippen molar-refractivity contribution in [1.82, 2.24) is 20.0 Å². The van der Waals surface area contributed by atoms with E-state index < -0.39 is 54.0 Å². The topological polar surface area (TPSA) is 59.4 Å². The minimum atomic E-state index is -4.99. The molecule has 2 fully saturated rings. The normalized spacial score (nSPS) is 23.0. The number of carbonyl (C=O) groups is 1. The van der Waals surface area contributed by atoms with Gasteiger partial charge in [0.05, 0.1) is 36.1 Å². The summed E-state index contributed by atoms with van der Waals surface area (Å²) in [5.41, 5.74) is -0.992. The fourth-order valence-electron chi connectivity index (χ4n) is 5.87. The number of carbonyl (C=O) groups excluding carboxylic acids is 1. The number of alkyl halides is 6. The second-order valence-corrected chi connectivity index (χ2v) is 10.5. The molecule has 0 saturated carbocycles. The predicted octanol–water partition coefficient (Wildman–Crippen LogP) is 5.35. The lowest BCUT2D eigenvalue weighted by atomic mass is 9.84. The van der Waals surface area contributed by atoms with Crippen molar-refractivity contribution < 1.29 is 40.3 Å². The van der Waals surface area contributed by atoms with E-state index in [4.69, 9.17) is 4.74 Å². The van der Waals surface area contributed by atoms with Crippen LogP contribution in [0.15, 0.2) is 48.8 Å². The highest BCUT2D eigenvalue weighted by molar-refractivity contribution is 5.81. The Kier molecular flexibility index (Phi) is 7.62. The van der Waals surface area contributed by atoms with E-state index in [0.717, 1.165) is 5.56 Å². The van der Waals surface area contributed by atoms with Gasteiger partial charge in [-0.05, 0) is 53.9 Å². The molecule has 0 bridgehead atoms. The quantitative estimate of drug-likeness (QED) is 0.381. The highest BCUT2D eigenvalue weighted by Gasteiger charge is 2.53. The fraction of sp³-hybridized carbons (Fsp3) is 0.429. The molecule has 2 aromatic carbocycles. The molecule has 13 heteroatoms. The smallest absolute Gasteiger partial charge is 0.371 e. The third kappa shape index (κ3) is 6.10. The van der Waals surface area contributed by atoms with Gasteiger partial charge in [-0.15, -0.1) is 0 Å². The van der Waals surface area contributed by atoms with Crippen molar-refractivity contribution in [1.29, 1.82) is 0 Å². The monoisotopic (exact) mass is 584 g/mol. The molecule has 6 nitrogen and oxygen atoms in total. The Morgan fingerprint density at radius 3 is 2.29 bits per heavy atom. The van der Waals surface area contributed by atoms with Crippen LogP contribution in [0.2, 0.25) is 0 Å². The Morgan fingerprint density at radius 1 is 1.02 bits per heavy atom. The van der Waals surface area contributed by atoms with E-state index in [1.807, 2.05) is 6.20 Å². The van der Waals surface area contributed by atoms with Gasteiger partial charge in [0.1, 0.15) is 5.82 Å². The number of rotatable bonds is 7. The van der Waals surface area contributed by atoms with Crippen LogP contribution in [0, 0.1) is 12.7 Å². The van der Waals surface area contributed by atoms with Crippen molar-refractivity contribution in [2.24, 2.45) is 7.05 Å². The fourth-order valence-corrected chi connectivity index (χ4v) is 5.87. The summed E-state index contributed by atoms with van der Waals surface area (Å²) in [5, 5.41) is 7.53. The number of benzene rings is 2. The Balaban J connectivity index is 1.44. The first-order chi connectivity index (χ1) is 19.2. The number of aryl methyl sites for hydroxylation is 2. The van der Waals surface area contributed by atoms with Crippen LogP contribution in [0.5, 0.6) is 0 Å². The molecule has 1 unspecified atom stereocenters. The average molecular weight is 585 g/mol.